The van der Waals surface area contributed by atoms with E-state index in [0.29, 0.717) is 6.42 Å². The van der Waals surface area contributed by atoms with E-state index in [1.807, 2.05) is 6.92 Å². The molecule has 0 saturated heterocycles. The van der Waals surface area contributed by atoms with E-state index in [2.05, 4.69) is 0 Å². The van der Waals surface area contributed by atoms with Gasteiger partial charge in [0, 0.05) is 0 Å². The van der Waals surface area contributed by atoms with Crippen molar-refractivity contribution in [3.05, 3.63) is 0 Å². The number of aliphatic carboxylic acids is 2. The summed E-state index contributed by atoms with van der Waals surface area (Å²) in [6.07, 6.45) is 0.640. The largest absolute Gasteiger partial charge is 0.481 e. The van der Waals surface area contributed by atoms with E-state index in [4.69, 9.17) is 10.2 Å². The molecule has 0 aromatic carbocycles. The lowest BCUT2D eigenvalue weighted by molar-refractivity contribution is -0.158. The first-order valence-corrected chi connectivity index (χ1v) is 4.69. The van der Waals surface area contributed by atoms with Gasteiger partial charge in [-0.05, 0) is 5.41 Å². The highest BCUT2D eigenvalue weighted by atomic mass is 16.4. The molecule has 0 fully saturated rings. The Morgan fingerprint density at radius 2 is 1.64 bits per heavy atom. The molecule has 0 rings (SSSR count). The average molecular weight is 202 g/mol. The number of carbonyl (C=O) groups is 2. The number of carboxylic acid groups (broad SMARTS) is 2. The van der Waals surface area contributed by atoms with Gasteiger partial charge in [-0.3, -0.25) is 9.59 Å². The Kier molecular flexibility index (Phi) is 4.10. The van der Waals surface area contributed by atoms with Gasteiger partial charge in [0.2, 0.25) is 0 Å². The summed E-state index contributed by atoms with van der Waals surface area (Å²) in [7, 11) is 0. The number of hydrogen-bond acceptors (Lipinski definition) is 2. The van der Waals surface area contributed by atoms with E-state index in [1.54, 1.807) is 13.8 Å². The van der Waals surface area contributed by atoms with Crippen LogP contribution in [-0.2, 0) is 9.59 Å². The molecular formula is C10H18O4. The molecule has 0 radical (unpaired) electrons. The van der Waals surface area contributed by atoms with E-state index < -0.39 is 29.2 Å². The second kappa shape index (κ2) is 4.44. The van der Waals surface area contributed by atoms with Crippen LogP contribution < -0.4 is 0 Å². The van der Waals surface area contributed by atoms with Crippen LogP contribution in [0.25, 0.3) is 0 Å². The molecule has 0 bridgehead atoms. The standard InChI is InChI=1S/C10H18O4/c1-5-10(3,4)7(9(13)14)6(2)8(11)12/h6-7H,5H2,1-4H3,(H,11,12)(H,13,14). The summed E-state index contributed by atoms with van der Waals surface area (Å²) >= 11 is 0. The van der Waals surface area contributed by atoms with Crippen LogP contribution in [0, 0.1) is 17.3 Å². The second-order valence-corrected chi connectivity index (χ2v) is 4.28. The van der Waals surface area contributed by atoms with Gasteiger partial charge in [0.15, 0.2) is 0 Å². The van der Waals surface area contributed by atoms with Crippen LogP contribution in [0.15, 0.2) is 0 Å². The predicted molar refractivity (Wildman–Crippen MR) is 52.0 cm³/mol. The maximum Gasteiger partial charge on any atom is 0.307 e. The maximum atomic E-state index is 11.0. The molecule has 2 atom stereocenters. The smallest absolute Gasteiger partial charge is 0.307 e. The van der Waals surface area contributed by atoms with Gasteiger partial charge < -0.3 is 10.2 Å². The van der Waals surface area contributed by atoms with Gasteiger partial charge in [0.25, 0.3) is 0 Å². The molecule has 0 saturated carbocycles. The Hall–Kier alpha value is -1.06. The third-order valence-electron chi connectivity index (χ3n) is 2.91. The zero-order valence-electron chi connectivity index (χ0n) is 9.07. The van der Waals surface area contributed by atoms with Crippen molar-refractivity contribution < 1.29 is 19.8 Å². The minimum atomic E-state index is -1.06. The molecule has 0 aliphatic heterocycles. The Bertz CT molecular complexity index is 232. The molecule has 14 heavy (non-hydrogen) atoms. The van der Waals surface area contributed by atoms with E-state index in [-0.39, 0.29) is 0 Å². The molecule has 2 N–H and O–H groups in total. The zero-order valence-corrected chi connectivity index (χ0v) is 9.07. The highest BCUT2D eigenvalue weighted by molar-refractivity contribution is 5.80. The summed E-state index contributed by atoms with van der Waals surface area (Å²) in [5, 5.41) is 17.8. The Balaban J connectivity index is 4.96. The van der Waals surface area contributed by atoms with Crippen LogP contribution in [0.4, 0.5) is 0 Å². The number of rotatable bonds is 5. The van der Waals surface area contributed by atoms with Crippen LogP contribution >= 0.6 is 0 Å². The minimum absolute atomic E-state index is 0.496. The normalized spacial score (nSPS) is 16.0. The fourth-order valence-electron chi connectivity index (χ4n) is 1.59. The van der Waals surface area contributed by atoms with Gasteiger partial charge in [-0.25, -0.2) is 0 Å². The Morgan fingerprint density at radius 1 is 1.21 bits per heavy atom. The summed E-state index contributed by atoms with van der Waals surface area (Å²) in [6, 6.07) is 0. The van der Waals surface area contributed by atoms with Crippen LogP contribution in [0.2, 0.25) is 0 Å². The lowest BCUT2D eigenvalue weighted by Gasteiger charge is -2.32. The molecule has 4 nitrogen and oxygen atoms in total. The van der Waals surface area contributed by atoms with Crippen molar-refractivity contribution in [3.63, 3.8) is 0 Å². The molecular weight excluding hydrogens is 184 g/mol. The zero-order chi connectivity index (χ0) is 11.5. The summed E-state index contributed by atoms with van der Waals surface area (Å²) < 4.78 is 0. The van der Waals surface area contributed by atoms with Crippen molar-refractivity contribution in [2.45, 2.75) is 34.1 Å². The fourth-order valence-corrected chi connectivity index (χ4v) is 1.59. The van der Waals surface area contributed by atoms with Crippen LogP contribution in [0.3, 0.4) is 0 Å². The Labute approximate surface area is 83.9 Å². The molecule has 82 valence electrons. The van der Waals surface area contributed by atoms with Gasteiger partial charge in [0.1, 0.15) is 0 Å². The van der Waals surface area contributed by atoms with E-state index in [9.17, 15) is 9.59 Å². The first kappa shape index (κ1) is 12.9. The van der Waals surface area contributed by atoms with Crippen molar-refractivity contribution in [2.24, 2.45) is 17.3 Å². The van der Waals surface area contributed by atoms with Gasteiger partial charge >= 0.3 is 11.9 Å². The summed E-state index contributed by atoms with van der Waals surface area (Å²) in [5.41, 5.74) is -0.496. The van der Waals surface area contributed by atoms with E-state index in [0.717, 1.165) is 0 Å². The summed E-state index contributed by atoms with van der Waals surface area (Å²) in [4.78, 5) is 21.7. The van der Waals surface area contributed by atoms with Crippen molar-refractivity contribution >= 4 is 11.9 Å². The first-order chi connectivity index (χ1) is 6.24. The molecule has 2 unspecified atom stereocenters. The van der Waals surface area contributed by atoms with Crippen LogP contribution in [0.5, 0.6) is 0 Å². The highest BCUT2D eigenvalue weighted by Gasteiger charge is 2.40. The molecule has 0 aliphatic carbocycles. The van der Waals surface area contributed by atoms with Gasteiger partial charge in [-0.2, -0.15) is 0 Å². The van der Waals surface area contributed by atoms with Crippen molar-refractivity contribution in [1.29, 1.82) is 0 Å². The molecule has 0 heterocycles. The van der Waals surface area contributed by atoms with Crippen molar-refractivity contribution in [3.8, 4) is 0 Å². The lowest BCUT2D eigenvalue weighted by atomic mass is 9.71. The summed E-state index contributed by atoms with van der Waals surface area (Å²) in [5.74, 6) is -3.79. The highest BCUT2D eigenvalue weighted by Crippen LogP contribution is 2.35. The number of hydrogen-bond donors (Lipinski definition) is 2. The molecule has 4 heteroatoms. The average Bonchev–Trinajstić information content (AvgIpc) is 2.03. The number of carboxylic acids is 2. The van der Waals surface area contributed by atoms with Gasteiger partial charge in [0.05, 0.1) is 11.8 Å². The first-order valence-electron chi connectivity index (χ1n) is 4.69. The summed E-state index contributed by atoms with van der Waals surface area (Å²) in [6.45, 7) is 6.87. The minimum Gasteiger partial charge on any atom is -0.481 e. The predicted octanol–water partition coefficient (Wildman–Crippen LogP) is 1.84. The van der Waals surface area contributed by atoms with Gasteiger partial charge in [-0.15, -0.1) is 0 Å². The monoisotopic (exact) mass is 202 g/mol. The maximum absolute atomic E-state index is 11.0. The molecule has 0 spiro atoms. The third kappa shape index (κ3) is 2.72. The molecule has 0 aliphatic rings. The molecule has 0 aromatic rings. The van der Waals surface area contributed by atoms with Gasteiger partial charge in [-0.1, -0.05) is 34.1 Å². The second-order valence-electron chi connectivity index (χ2n) is 4.28. The van der Waals surface area contributed by atoms with Crippen LogP contribution in [-0.4, -0.2) is 22.2 Å². The fraction of sp³-hybridized carbons (Fsp3) is 0.800. The molecule has 0 amide bonds. The quantitative estimate of drug-likeness (QED) is 0.713. The van der Waals surface area contributed by atoms with Crippen molar-refractivity contribution in [1.82, 2.24) is 0 Å². The lowest BCUT2D eigenvalue weighted by Crippen LogP contribution is -2.38. The topological polar surface area (TPSA) is 74.6 Å². The van der Waals surface area contributed by atoms with E-state index >= 15 is 0 Å². The van der Waals surface area contributed by atoms with Crippen LogP contribution in [0.1, 0.15) is 34.1 Å². The van der Waals surface area contributed by atoms with Crippen molar-refractivity contribution in [2.75, 3.05) is 0 Å². The van der Waals surface area contributed by atoms with E-state index in [1.165, 1.54) is 6.92 Å². The molecule has 0 aromatic heterocycles. The third-order valence-corrected chi connectivity index (χ3v) is 2.91. The SMILES string of the molecule is CCC(C)(C)C(C(=O)O)C(C)C(=O)O. The Morgan fingerprint density at radius 3 is 1.86 bits per heavy atom.